The SMILES string of the molecule is C=C1C2=C(C3=C1C=C[Si]3(F)F)[Si](F)(F)C=C2. The second kappa shape index (κ2) is 2.57. The van der Waals surface area contributed by atoms with Crippen molar-refractivity contribution in [3.63, 3.8) is 0 Å². The van der Waals surface area contributed by atoms with Gasteiger partial charge < -0.3 is 0 Å². The Bertz CT molecular complexity index is 501. The summed E-state index contributed by atoms with van der Waals surface area (Å²) in [5.41, 5.74) is 2.40. The van der Waals surface area contributed by atoms with Crippen LogP contribution in [0, 0.1) is 0 Å². The molecular formula is C10H6F4Si2. The van der Waals surface area contributed by atoms with Crippen molar-refractivity contribution in [2.24, 2.45) is 0 Å². The van der Waals surface area contributed by atoms with Gasteiger partial charge in [-0.3, -0.25) is 16.4 Å². The zero-order valence-electron chi connectivity index (χ0n) is 8.03. The molecular weight excluding hydrogens is 252 g/mol. The molecule has 2 aliphatic heterocycles. The van der Waals surface area contributed by atoms with Crippen molar-refractivity contribution in [2.75, 3.05) is 0 Å². The highest BCUT2D eigenvalue weighted by Crippen LogP contribution is 2.52. The molecule has 0 unspecified atom stereocenters. The molecule has 2 heterocycles. The zero-order valence-corrected chi connectivity index (χ0v) is 10.0. The molecule has 0 aromatic heterocycles. The van der Waals surface area contributed by atoms with E-state index in [0.717, 1.165) is 11.4 Å². The van der Waals surface area contributed by atoms with E-state index in [-0.39, 0.29) is 21.5 Å². The Morgan fingerprint density at radius 1 is 0.812 bits per heavy atom. The number of rotatable bonds is 0. The zero-order chi connectivity index (χ0) is 11.7. The molecule has 0 atom stereocenters. The fourth-order valence-corrected chi connectivity index (χ4v) is 6.53. The van der Waals surface area contributed by atoms with Crippen LogP contribution in [0.1, 0.15) is 0 Å². The van der Waals surface area contributed by atoms with Gasteiger partial charge in [-0.15, -0.1) is 0 Å². The molecule has 0 aromatic rings. The first kappa shape index (κ1) is 10.0. The highest BCUT2D eigenvalue weighted by Gasteiger charge is 2.58. The number of halogens is 4. The predicted molar refractivity (Wildman–Crippen MR) is 57.4 cm³/mol. The minimum Gasteiger partial charge on any atom is -0.260 e. The number of hydrogen-bond donors (Lipinski definition) is 0. The number of allylic oxidation sites excluding steroid dienone is 7. The molecule has 3 rings (SSSR count). The van der Waals surface area contributed by atoms with Gasteiger partial charge in [0.2, 0.25) is 0 Å². The standard InChI is InChI=1S/C10H6F4Si2/c1-6-7-2-4-15(11,12)9(7)10-8(6)3-5-16(10,13)14/h2-5H,1H2. The molecule has 16 heavy (non-hydrogen) atoms. The smallest absolute Gasteiger partial charge is 0.260 e. The van der Waals surface area contributed by atoms with E-state index in [1.165, 1.54) is 12.2 Å². The van der Waals surface area contributed by atoms with Crippen molar-refractivity contribution in [1.29, 1.82) is 0 Å². The number of fused-ring (bicyclic) bond motifs is 1. The predicted octanol–water partition coefficient (Wildman–Crippen LogP) is 3.21. The van der Waals surface area contributed by atoms with Crippen LogP contribution in [0.25, 0.3) is 0 Å². The molecule has 0 spiro atoms. The molecule has 0 amide bonds. The summed E-state index contributed by atoms with van der Waals surface area (Å²) in [4.78, 5) is 0. The fraction of sp³-hybridized carbons (Fsp3) is 0. The molecule has 1 aliphatic carbocycles. The molecule has 6 heteroatoms. The van der Waals surface area contributed by atoms with Crippen molar-refractivity contribution in [3.05, 3.63) is 57.2 Å². The Hall–Kier alpha value is -1.15. The van der Waals surface area contributed by atoms with Crippen molar-refractivity contribution in [1.82, 2.24) is 0 Å². The first-order valence-corrected chi connectivity index (χ1v) is 8.35. The summed E-state index contributed by atoms with van der Waals surface area (Å²) in [6.07, 6.45) is 2.50. The minimum absolute atomic E-state index is 0.234. The van der Waals surface area contributed by atoms with E-state index in [2.05, 4.69) is 6.58 Å². The molecule has 0 aromatic carbocycles. The van der Waals surface area contributed by atoms with Crippen LogP contribution in [0.3, 0.4) is 0 Å². The van der Waals surface area contributed by atoms with Crippen LogP contribution in [-0.4, -0.2) is 17.5 Å². The van der Waals surface area contributed by atoms with Crippen molar-refractivity contribution >= 4 is 17.5 Å². The Balaban J connectivity index is 2.26. The minimum atomic E-state index is -4.79. The Morgan fingerprint density at radius 2 is 1.19 bits per heavy atom. The maximum atomic E-state index is 13.6. The molecule has 0 radical (unpaired) electrons. The lowest BCUT2D eigenvalue weighted by Gasteiger charge is -2.14. The lowest BCUT2D eigenvalue weighted by Crippen LogP contribution is -2.31. The summed E-state index contributed by atoms with van der Waals surface area (Å²) in [5, 5.41) is -0.761. The molecule has 0 N–H and O–H groups in total. The van der Waals surface area contributed by atoms with Gasteiger partial charge in [0.05, 0.1) is 0 Å². The monoisotopic (exact) mass is 258 g/mol. The third kappa shape index (κ3) is 0.983. The van der Waals surface area contributed by atoms with Gasteiger partial charge in [0.15, 0.2) is 0 Å². The molecule has 82 valence electrons. The largest absolute Gasteiger partial charge is 0.481 e. The van der Waals surface area contributed by atoms with E-state index in [9.17, 15) is 16.4 Å². The van der Waals surface area contributed by atoms with E-state index in [4.69, 9.17) is 0 Å². The van der Waals surface area contributed by atoms with Crippen LogP contribution in [0.5, 0.6) is 0 Å². The second-order valence-electron chi connectivity index (χ2n) is 3.97. The molecule has 0 saturated heterocycles. The summed E-state index contributed by atoms with van der Waals surface area (Å²) in [5.74, 6) is 0. The second-order valence-corrected chi connectivity index (χ2v) is 8.13. The van der Waals surface area contributed by atoms with E-state index >= 15 is 0 Å². The van der Waals surface area contributed by atoms with Crippen LogP contribution >= 0.6 is 0 Å². The average molecular weight is 258 g/mol. The number of hydrogen-bond acceptors (Lipinski definition) is 0. The van der Waals surface area contributed by atoms with Crippen LogP contribution in [0.2, 0.25) is 0 Å². The lowest BCUT2D eigenvalue weighted by molar-refractivity contribution is 0.630. The Morgan fingerprint density at radius 3 is 1.56 bits per heavy atom. The van der Waals surface area contributed by atoms with E-state index < -0.39 is 17.5 Å². The quantitative estimate of drug-likeness (QED) is 0.355. The Kier molecular flexibility index (Phi) is 1.61. The maximum absolute atomic E-state index is 13.6. The summed E-state index contributed by atoms with van der Waals surface area (Å²) in [7, 11) is -9.58. The molecule has 0 bridgehead atoms. The maximum Gasteiger partial charge on any atom is 0.481 e. The highest BCUT2D eigenvalue weighted by molar-refractivity contribution is 6.89. The molecule has 0 saturated carbocycles. The van der Waals surface area contributed by atoms with E-state index in [1.54, 1.807) is 0 Å². The van der Waals surface area contributed by atoms with E-state index in [1.807, 2.05) is 0 Å². The topological polar surface area (TPSA) is 0 Å². The van der Waals surface area contributed by atoms with Gasteiger partial charge in [0, 0.05) is 10.4 Å². The summed E-state index contributed by atoms with van der Waals surface area (Å²) in [6.45, 7) is 3.63. The summed E-state index contributed by atoms with van der Waals surface area (Å²) >= 11 is 0. The summed E-state index contributed by atoms with van der Waals surface area (Å²) in [6, 6.07) is 0. The summed E-state index contributed by atoms with van der Waals surface area (Å²) < 4.78 is 54.5. The Labute approximate surface area is 91.7 Å². The van der Waals surface area contributed by atoms with Crippen LogP contribution in [0.15, 0.2) is 57.2 Å². The molecule has 3 aliphatic rings. The van der Waals surface area contributed by atoms with Gasteiger partial charge in [-0.05, 0) is 28.1 Å². The lowest BCUT2D eigenvalue weighted by atomic mass is 10.1. The fourth-order valence-electron chi connectivity index (χ4n) is 2.32. The first-order valence-electron chi connectivity index (χ1n) is 4.68. The van der Waals surface area contributed by atoms with Gasteiger partial charge in [-0.25, -0.2) is 0 Å². The molecule has 0 nitrogen and oxygen atoms in total. The van der Waals surface area contributed by atoms with Crippen molar-refractivity contribution < 1.29 is 16.4 Å². The van der Waals surface area contributed by atoms with Gasteiger partial charge in [-0.2, -0.15) is 0 Å². The van der Waals surface area contributed by atoms with Crippen LogP contribution < -0.4 is 0 Å². The third-order valence-electron chi connectivity index (χ3n) is 3.02. The molecule has 0 fully saturated rings. The van der Waals surface area contributed by atoms with Gasteiger partial charge in [-0.1, -0.05) is 18.7 Å². The van der Waals surface area contributed by atoms with Crippen LogP contribution in [0.4, 0.5) is 16.4 Å². The van der Waals surface area contributed by atoms with Crippen molar-refractivity contribution in [3.8, 4) is 0 Å². The van der Waals surface area contributed by atoms with Gasteiger partial charge in [0.25, 0.3) is 0 Å². The van der Waals surface area contributed by atoms with Gasteiger partial charge in [0.1, 0.15) is 0 Å². The first-order chi connectivity index (χ1) is 7.34. The highest BCUT2D eigenvalue weighted by atomic mass is 28.4. The van der Waals surface area contributed by atoms with Crippen molar-refractivity contribution in [2.45, 2.75) is 0 Å². The average Bonchev–Trinajstić information content (AvgIpc) is 2.71. The third-order valence-corrected chi connectivity index (χ3v) is 6.82. The normalized spacial score (nSPS) is 28.1. The van der Waals surface area contributed by atoms with Crippen LogP contribution in [-0.2, 0) is 0 Å². The van der Waals surface area contributed by atoms with Gasteiger partial charge >= 0.3 is 17.5 Å². The van der Waals surface area contributed by atoms with E-state index in [0.29, 0.717) is 5.57 Å².